The molecule has 14 rings (SSSR count). The number of nitrogens with zero attached hydrogens (tertiary/aromatic N) is 14. The minimum atomic E-state index is -0.413. The van der Waals surface area contributed by atoms with Crippen LogP contribution in [0.3, 0.4) is 0 Å². The Bertz CT molecular complexity index is 3420. The van der Waals surface area contributed by atoms with Gasteiger partial charge < -0.3 is 9.13 Å². The molecular weight excluding hydrogens is 1500 g/mol. The van der Waals surface area contributed by atoms with Crippen LogP contribution in [0.4, 0.5) is 0 Å². The van der Waals surface area contributed by atoms with Crippen molar-refractivity contribution in [1.82, 2.24) is 68.8 Å². The molecule has 2 aliphatic heterocycles. The number of hydrogen-bond acceptors (Lipinski definition) is 14. The SMILES string of the molecule is O=C1c2ccc3c4c(ccc(c24)C(=O)N1CCCn1ccnc1)C(=O)N(CCCn1ccnc1)C3=O.[Cl][Os].[Cl][Os].c1ccc(-c2ccccn2)nc1.c1ccc(-c2ccccn2)nc1.c1ccc(-c2ccccn2)nc1.c1ccc(-c2ccccn2)nc1. The van der Waals surface area contributed by atoms with Crippen LogP contribution in [0.1, 0.15) is 54.3 Å². The van der Waals surface area contributed by atoms with Gasteiger partial charge in [-0.25, -0.2) is 9.97 Å². The minimum absolute atomic E-state index is 0.253. The van der Waals surface area contributed by atoms with E-state index in [1.807, 2.05) is 167 Å². The molecule has 0 unspecified atom stereocenters. The Hall–Kier alpha value is -9.55. The van der Waals surface area contributed by atoms with Gasteiger partial charge in [-0.3, -0.25) is 68.8 Å². The largest absolute Gasteiger partial charge is 0.255 e. The molecule has 0 saturated heterocycles. The summed E-state index contributed by atoms with van der Waals surface area (Å²) in [5.74, 6) is -1.65. The summed E-state index contributed by atoms with van der Waals surface area (Å²) in [6, 6.07) is 52.8. The van der Waals surface area contributed by atoms with Gasteiger partial charge in [0.25, 0.3) is 23.6 Å². The van der Waals surface area contributed by atoms with E-state index in [0.29, 0.717) is 59.0 Å². The van der Waals surface area contributed by atoms with Gasteiger partial charge in [0.2, 0.25) is 0 Å². The second-order valence-corrected chi connectivity index (χ2v) is 18.6. The molecule has 0 bridgehead atoms. The van der Waals surface area contributed by atoms with Crippen LogP contribution < -0.4 is 0 Å². The Morgan fingerprint density at radius 3 is 0.670 bits per heavy atom. The van der Waals surface area contributed by atoms with E-state index < -0.39 is 23.6 Å². The van der Waals surface area contributed by atoms with Gasteiger partial charge >= 0.3 is 54.5 Å². The van der Waals surface area contributed by atoms with Gasteiger partial charge in [0.15, 0.2) is 0 Å². The number of aryl methyl sites for hydroxylation is 2. The second-order valence-electron chi connectivity index (χ2n) is 18.6. The maximum absolute atomic E-state index is 13.3. The zero-order valence-electron chi connectivity index (χ0n) is 46.8. The summed E-state index contributed by atoms with van der Waals surface area (Å²) in [4.78, 5) is 97.2. The van der Waals surface area contributed by atoms with Crippen LogP contribution in [0.2, 0.25) is 0 Å². The maximum Gasteiger partial charge on any atom is 0.0886 e. The topological polar surface area (TPSA) is 214 Å². The summed E-state index contributed by atoms with van der Waals surface area (Å²) >= 11 is 2.67. The van der Waals surface area contributed by atoms with Gasteiger partial charge in [0.05, 0.1) is 58.2 Å². The van der Waals surface area contributed by atoms with E-state index in [1.54, 1.807) is 98.9 Å². The molecule has 0 N–H and O–H groups in total. The number of imidazole rings is 2. The molecule has 12 heterocycles. The first-order valence-corrected chi connectivity index (χ1v) is 33.5. The maximum atomic E-state index is 13.3. The average Bonchev–Trinajstić information content (AvgIpc) is 0.902. The molecule has 4 amide bonds. The van der Waals surface area contributed by atoms with Gasteiger partial charge in [0.1, 0.15) is 0 Å². The molecule has 0 radical (unpaired) electrons. The zero-order chi connectivity index (χ0) is 61.7. The van der Waals surface area contributed by atoms with Crippen molar-refractivity contribution < 1.29 is 54.4 Å². The summed E-state index contributed by atoms with van der Waals surface area (Å²) in [6.45, 7) is 1.75. The van der Waals surface area contributed by atoms with Gasteiger partial charge in [-0.05, 0) is 134 Å². The molecule has 88 heavy (non-hydrogen) atoms. The molecule has 10 aromatic heterocycles. The molecule has 442 valence electrons. The summed E-state index contributed by atoms with van der Waals surface area (Å²) in [6.07, 6.45) is 25.7. The predicted octanol–water partition coefficient (Wildman–Crippen LogP) is 12.6. The molecule has 0 aliphatic carbocycles. The van der Waals surface area contributed by atoms with Crippen LogP contribution >= 0.6 is 19.3 Å². The third-order valence-electron chi connectivity index (χ3n) is 13.1. The van der Waals surface area contributed by atoms with E-state index in [1.165, 1.54) is 45.0 Å². The van der Waals surface area contributed by atoms with Crippen LogP contribution in [0.5, 0.6) is 0 Å². The van der Waals surface area contributed by atoms with Crippen molar-refractivity contribution in [1.29, 1.82) is 0 Å². The van der Waals surface area contributed by atoms with Crippen molar-refractivity contribution in [3.63, 3.8) is 0 Å². The first-order valence-electron chi connectivity index (χ1n) is 27.2. The van der Waals surface area contributed by atoms with Crippen molar-refractivity contribution in [2.75, 3.05) is 13.1 Å². The molecule has 2 aliphatic rings. The van der Waals surface area contributed by atoms with Gasteiger partial charge in [-0.2, -0.15) is 0 Å². The number of carbonyl (C=O) groups is 4. The fourth-order valence-electron chi connectivity index (χ4n) is 9.16. The van der Waals surface area contributed by atoms with Crippen molar-refractivity contribution in [2.45, 2.75) is 25.9 Å². The van der Waals surface area contributed by atoms with Gasteiger partial charge in [-0.1, -0.05) is 48.5 Å². The van der Waals surface area contributed by atoms with E-state index in [-0.39, 0.29) is 13.1 Å². The standard InChI is InChI=1S/C26H22N6O4.4C10H8N2.2ClH.2Os/c33-23-17-3-5-19-22-20(26(36)32(25(19)35)12-2-10-30-14-8-28-16-30)6-4-18(21(17)22)24(34)31(23)11-1-9-29-13-7-27-15-29;4*1-3-7-11-9(5-1)10-6-2-4-8-12-10;;;;/h3-8,13-16H,1-2,9-12H2;4*1-8H;2*1H;;/q;;;;;;;2*+1/p-2. The monoisotopic (exact) mass is 1560 g/mol. The van der Waals surface area contributed by atoms with Gasteiger partial charge in [-0.15, -0.1) is 0 Å². The van der Waals surface area contributed by atoms with Crippen molar-refractivity contribution in [3.05, 3.63) is 279 Å². The Kier molecular flexibility index (Phi) is 25.3. The third-order valence-corrected chi connectivity index (χ3v) is 13.1. The van der Waals surface area contributed by atoms with Crippen LogP contribution in [0.15, 0.2) is 257 Å². The van der Waals surface area contributed by atoms with E-state index in [2.05, 4.69) is 69.1 Å². The Morgan fingerprint density at radius 1 is 0.284 bits per heavy atom. The summed E-state index contributed by atoms with van der Waals surface area (Å²) in [5.41, 5.74) is 8.66. The molecule has 12 aromatic rings. The molecule has 2 aromatic carbocycles. The molecule has 22 heteroatoms. The van der Waals surface area contributed by atoms with Crippen molar-refractivity contribution in [2.24, 2.45) is 0 Å². The van der Waals surface area contributed by atoms with Crippen molar-refractivity contribution in [3.8, 4) is 45.6 Å². The molecule has 0 spiro atoms. The van der Waals surface area contributed by atoms with E-state index in [4.69, 9.17) is 0 Å². The molecule has 18 nitrogen and oxygen atoms in total. The van der Waals surface area contributed by atoms with E-state index in [0.717, 1.165) is 45.6 Å². The summed E-state index contributed by atoms with van der Waals surface area (Å²) in [7, 11) is 9.33. The second kappa shape index (κ2) is 34.6. The zero-order valence-corrected chi connectivity index (χ0v) is 53.4. The Morgan fingerprint density at radius 2 is 0.500 bits per heavy atom. The number of halogens is 2. The summed E-state index contributed by atoms with van der Waals surface area (Å²) in [5, 5.41) is 0.788. The number of benzene rings is 2. The first kappa shape index (κ1) is 64.5. The molecule has 0 saturated carbocycles. The number of amides is 4. The first-order chi connectivity index (χ1) is 43.4. The number of pyridine rings is 8. The fraction of sp³-hybridized carbons (Fsp3) is 0.0909. The number of aromatic nitrogens is 12. The van der Waals surface area contributed by atoms with Crippen LogP contribution in [0, 0.1) is 0 Å². The van der Waals surface area contributed by atoms with Gasteiger partial charge in [0, 0.05) is 134 Å². The molecular formula is C66H54Cl2N14O4Os2. The number of imide groups is 2. The smallest absolute Gasteiger partial charge is 0.0886 e. The quantitative estimate of drug-likeness (QED) is 0.104. The molecule has 0 atom stereocenters. The number of hydrogen-bond donors (Lipinski definition) is 0. The number of carbonyl (C=O) groups excluding carboxylic acids is 4. The normalized spacial score (nSPS) is 11.5. The summed E-state index contributed by atoms with van der Waals surface area (Å²) < 4.78 is 3.77. The van der Waals surface area contributed by atoms with E-state index >= 15 is 0 Å². The third kappa shape index (κ3) is 17.3. The van der Waals surface area contributed by atoms with Crippen molar-refractivity contribution >= 4 is 53.7 Å². The fourth-order valence-corrected chi connectivity index (χ4v) is 9.16. The predicted molar refractivity (Wildman–Crippen MR) is 330 cm³/mol. The minimum Gasteiger partial charge on any atom is -0.255 e. The number of rotatable bonds is 12. The average molecular weight is 1560 g/mol. The van der Waals surface area contributed by atoms with E-state index in [9.17, 15) is 19.2 Å². The Balaban J connectivity index is 0.000000158. The van der Waals surface area contributed by atoms with Crippen LogP contribution in [-0.4, -0.2) is 105 Å². The Labute approximate surface area is 536 Å². The molecule has 0 fully saturated rings. The van der Waals surface area contributed by atoms with Crippen LogP contribution in [0.25, 0.3) is 56.3 Å². The van der Waals surface area contributed by atoms with Crippen LogP contribution in [-0.2, 0) is 48.3 Å².